The molecule has 5 amide bonds. The van der Waals surface area contributed by atoms with Crippen molar-refractivity contribution >= 4 is 57.9 Å². The molecule has 1 unspecified atom stereocenters. The molecule has 3 aliphatic carbocycles. The molecule has 8 heterocycles. The minimum atomic E-state index is -0.687. The number of hydrogen-bond acceptors (Lipinski definition) is 11. The van der Waals surface area contributed by atoms with E-state index < -0.39 is 5.41 Å². The average Bonchev–Trinajstić information content (AvgIpc) is 3.76. The van der Waals surface area contributed by atoms with E-state index in [1.807, 2.05) is 28.3 Å². The molecule has 3 aromatic heterocycles. The summed E-state index contributed by atoms with van der Waals surface area (Å²) in [5.74, 6) is 0.904. The molecule has 16 nitrogen and oxygen atoms in total. The predicted molar refractivity (Wildman–Crippen MR) is 271 cm³/mol. The van der Waals surface area contributed by atoms with Crippen LogP contribution >= 0.6 is 0 Å². The van der Waals surface area contributed by atoms with Gasteiger partial charge in [-0.2, -0.15) is 0 Å². The van der Waals surface area contributed by atoms with Crippen molar-refractivity contribution in [1.29, 1.82) is 0 Å². The van der Waals surface area contributed by atoms with Gasteiger partial charge in [0.2, 0.25) is 29.5 Å². The molecular formula is C55H69N11O5. The maximum atomic E-state index is 15.2. The molecule has 8 aliphatic rings. The number of carbonyl (C=O) groups is 5. The fourth-order valence-electron chi connectivity index (χ4n) is 13.3. The Kier molecular flexibility index (Phi) is 12.1. The van der Waals surface area contributed by atoms with E-state index in [2.05, 4.69) is 73.4 Å². The van der Waals surface area contributed by atoms with Crippen molar-refractivity contribution in [2.24, 2.45) is 11.8 Å². The molecule has 16 heteroatoms. The summed E-state index contributed by atoms with van der Waals surface area (Å²) in [6.07, 6.45) is 17.6. The number of nitrogens with zero attached hydrogens (tertiary/aromatic N) is 8. The van der Waals surface area contributed by atoms with Crippen molar-refractivity contribution in [1.82, 2.24) is 39.5 Å². The second kappa shape index (κ2) is 18.6. The first-order valence-electron chi connectivity index (χ1n) is 27.0. The van der Waals surface area contributed by atoms with Crippen LogP contribution in [0, 0.1) is 11.8 Å². The first-order chi connectivity index (χ1) is 34.5. The summed E-state index contributed by atoms with van der Waals surface area (Å²) in [7, 11) is 0. The van der Waals surface area contributed by atoms with Crippen molar-refractivity contribution in [2.75, 3.05) is 54.8 Å². The third kappa shape index (κ3) is 8.64. The van der Waals surface area contributed by atoms with Crippen molar-refractivity contribution in [3.8, 4) is 11.3 Å². The molecule has 4 aromatic rings. The predicted octanol–water partition coefficient (Wildman–Crippen LogP) is 6.91. The molecule has 374 valence electrons. The standard InChI is InChI=1S/C55H69N11O5/c1-33(2)65-32-57-45-29-44(60-50(49(45)65)59-39-12-13-39)35-8-15-43-46(26-35)66(41-27-40(28-41)62-21-4-3-5-22-62)54(71)55(43)19-24-63(25-20-55)53(70)37-18-23-64(31-37)52(69)34-6-10-38(11-7-34)58-47-16-9-36(30-56-47)42-14-17-48(67)61-51(42)68/h8-9,15-16,26,29-30,32-34,37-42H,3-7,10-14,17-25,27-28,31H2,1-2H3,(H,56,58)(H,59,60)(H,61,67,68)/t34-,37-,38-,40-,41+,42?/m1/s1. The zero-order valence-electron chi connectivity index (χ0n) is 41.4. The van der Waals surface area contributed by atoms with Crippen molar-refractivity contribution < 1.29 is 24.0 Å². The van der Waals surface area contributed by atoms with Gasteiger partial charge in [-0.1, -0.05) is 24.6 Å². The first-order valence-corrected chi connectivity index (χ1v) is 27.0. The highest BCUT2D eigenvalue weighted by Crippen LogP contribution is 2.52. The Morgan fingerprint density at radius 1 is 0.761 bits per heavy atom. The van der Waals surface area contributed by atoms with Gasteiger partial charge in [-0.05, 0) is 146 Å². The minimum absolute atomic E-state index is 0.0639. The van der Waals surface area contributed by atoms with E-state index in [4.69, 9.17) is 9.97 Å². The highest BCUT2D eigenvalue weighted by Gasteiger charge is 2.56. The molecule has 71 heavy (non-hydrogen) atoms. The van der Waals surface area contributed by atoms with Crippen LogP contribution in [0.3, 0.4) is 0 Å². The SMILES string of the molecule is CC(C)n1cnc2cc(-c3ccc4c(c3)N([C@H]3C[C@@H](N5CCCCC5)C3)C(=O)C43CCN(C(=O)[C@@H]4CCN(C(=O)[C@H]5CC[C@H](Nc6ccc(C7CCC(=O)NC7=O)cn6)CC5)C4)CC3)nc(NC3CC3)c21. The third-order valence-corrected chi connectivity index (χ3v) is 17.7. The Morgan fingerprint density at radius 3 is 2.23 bits per heavy atom. The molecule has 5 aliphatic heterocycles. The van der Waals surface area contributed by atoms with E-state index in [9.17, 15) is 19.2 Å². The number of amides is 5. The quantitative estimate of drug-likeness (QED) is 0.133. The summed E-state index contributed by atoms with van der Waals surface area (Å²) in [4.78, 5) is 90.8. The molecule has 4 saturated heterocycles. The van der Waals surface area contributed by atoms with Gasteiger partial charge in [0.15, 0.2) is 5.82 Å². The molecule has 1 aromatic carbocycles. The normalized spacial score (nSPS) is 27.8. The molecular weight excluding hydrogens is 895 g/mol. The third-order valence-electron chi connectivity index (χ3n) is 17.7. The summed E-state index contributed by atoms with van der Waals surface area (Å²) in [5, 5.41) is 9.64. The van der Waals surface area contributed by atoms with Crippen LogP contribution in [-0.2, 0) is 29.4 Å². The largest absolute Gasteiger partial charge is 0.367 e. The van der Waals surface area contributed by atoms with Crippen LogP contribution in [0.25, 0.3) is 22.3 Å². The lowest BCUT2D eigenvalue weighted by molar-refractivity contribution is -0.140. The summed E-state index contributed by atoms with van der Waals surface area (Å²) >= 11 is 0. The van der Waals surface area contributed by atoms with E-state index in [0.717, 1.165) is 115 Å². The molecule has 1 spiro atoms. The number of imide groups is 1. The van der Waals surface area contributed by atoms with Crippen LogP contribution in [0.15, 0.2) is 48.9 Å². The zero-order chi connectivity index (χ0) is 48.5. The van der Waals surface area contributed by atoms with Crippen molar-refractivity contribution in [3.63, 3.8) is 0 Å². The summed E-state index contributed by atoms with van der Waals surface area (Å²) in [6, 6.07) is 14.0. The number of benzene rings is 1. The second-order valence-corrected chi connectivity index (χ2v) is 22.5. The summed E-state index contributed by atoms with van der Waals surface area (Å²) in [6.45, 7) is 8.72. The average molecular weight is 964 g/mol. The number of fused-ring (bicyclic) bond motifs is 3. The van der Waals surface area contributed by atoms with Gasteiger partial charge in [-0.15, -0.1) is 0 Å². The number of pyridine rings is 2. The Labute approximate surface area is 416 Å². The molecule has 7 fully saturated rings. The van der Waals surface area contributed by atoms with Gasteiger partial charge in [0, 0.05) is 86.2 Å². The Bertz CT molecular complexity index is 2720. The second-order valence-electron chi connectivity index (χ2n) is 22.5. The fourth-order valence-corrected chi connectivity index (χ4v) is 13.3. The van der Waals surface area contributed by atoms with Crippen LogP contribution in [-0.4, -0.2) is 127 Å². The smallest absolute Gasteiger partial charge is 0.238 e. The number of hydrogen-bond donors (Lipinski definition) is 3. The number of rotatable bonds is 11. The van der Waals surface area contributed by atoms with Crippen molar-refractivity contribution in [2.45, 2.75) is 158 Å². The van der Waals surface area contributed by atoms with Crippen LogP contribution in [0.4, 0.5) is 17.3 Å². The van der Waals surface area contributed by atoms with Gasteiger partial charge in [-0.3, -0.25) is 29.3 Å². The number of carbonyl (C=O) groups excluding carboxylic acids is 5. The van der Waals surface area contributed by atoms with Crippen LogP contribution in [0.5, 0.6) is 0 Å². The van der Waals surface area contributed by atoms with Crippen LogP contribution < -0.4 is 20.9 Å². The molecule has 12 rings (SSSR count). The molecule has 3 N–H and O–H groups in total. The van der Waals surface area contributed by atoms with Gasteiger partial charge in [0.1, 0.15) is 11.3 Å². The number of nitrogens with one attached hydrogen (secondary N) is 3. The maximum Gasteiger partial charge on any atom is 0.238 e. The Hall–Kier alpha value is -5.90. The summed E-state index contributed by atoms with van der Waals surface area (Å²) in [5.41, 5.74) is 5.99. The van der Waals surface area contributed by atoms with E-state index in [1.54, 1.807) is 6.20 Å². The Morgan fingerprint density at radius 2 is 1.51 bits per heavy atom. The highest BCUT2D eigenvalue weighted by molar-refractivity contribution is 6.09. The number of aromatic nitrogens is 4. The lowest BCUT2D eigenvalue weighted by Gasteiger charge is -2.48. The maximum absolute atomic E-state index is 15.2. The van der Waals surface area contributed by atoms with Crippen LogP contribution in [0.1, 0.15) is 140 Å². The Balaban J connectivity index is 0.697. The monoisotopic (exact) mass is 964 g/mol. The van der Waals surface area contributed by atoms with Crippen LogP contribution in [0.2, 0.25) is 0 Å². The minimum Gasteiger partial charge on any atom is -0.367 e. The molecule has 0 radical (unpaired) electrons. The van der Waals surface area contributed by atoms with Crippen molar-refractivity contribution in [3.05, 3.63) is 60.0 Å². The van der Waals surface area contributed by atoms with Gasteiger partial charge >= 0.3 is 0 Å². The van der Waals surface area contributed by atoms with Gasteiger partial charge in [0.25, 0.3) is 0 Å². The fraction of sp³-hybridized carbons (Fsp3) is 0.600. The van der Waals surface area contributed by atoms with Gasteiger partial charge in [-0.25, -0.2) is 15.0 Å². The highest BCUT2D eigenvalue weighted by atomic mass is 16.2. The molecule has 2 atom stereocenters. The molecule has 3 saturated carbocycles. The van der Waals surface area contributed by atoms with E-state index >= 15 is 4.79 Å². The number of piperidine rings is 3. The van der Waals surface area contributed by atoms with E-state index in [-0.39, 0.29) is 65.4 Å². The lowest BCUT2D eigenvalue weighted by atomic mass is 9.73. The molecule has 0 bridgehead atoms. The topological polar surface area (TPSA) is 178 Å². The van der Waals surface area contributed by atoms with Gasteiger partial charge in [0.05, 0.1) is 34.8 Å². The number of imidazole rings is 1. The first kappa shape index (κ1) is 46.2. The van der Waals surface area contributed by atoms with E-state index in [0.29, 0.717) is 70.4 Å². The lowest BCUT2D eigenvalue weighted by Crippen LogP contribution is -2.58. The zero-order valence-corrected chi connectivity index (χ0v) is 41.4. The van der Waals surface area contributed by atoms with Gasteiger partial charge < -0.3 is 34.8 Å². The number of likely N-dealkylation sites (tertiary alicyclic amines) is 3. The summed E-state index contributed by atoms with van der Waals surface area (Å²) < 4.78 is 2.19. The number of anilines is 3. The van der Waals surface area contributed by atoms with E-state index in [1.165, 1.54) is 19.3 Å².